The van der Waals surface area contributed by atoms with Crippen LogP contribution in [0.25, 0.3) is 0 Å². The molecule has 0 amide bonds. The van der Waals surface area contributed by atoms with Gasteiger partial charge in [-0.05, 0) is 30.9 Å². The summed E-state index contributed by atoms with van der Waals surface area (Å²) in [6, 6.07) is 8.08. The topological polar surface area (TPSA) is 78.4 Å². The lowest BCUT2D eigenvalue weighted by molar-refractivity contribution is 0.161. The van der Waals surface area contributed by atoms with Gasteiger partial charge in [-0.1, -0.05) is 24.3 Å². The first-order valence-corrected chi connectivity index (χ1v) is 8.60. The number of aliphatic hydroxyl groups excluding tert-OH is 1. The van der Waals surface area contributed by atoms with Crippen LogP contribution < -0.4 is 10.0 Å². The third-order valence-electron chi connectivity index (χ3n) is 3.91. The summed E-state index contributed by atoms with van der Waals surface area (Å²) >= 11 is 0. The Morgan fingerprint density at radius 2 is 2.05 bits per heavy atom. The molecule has 1 aromatic rings. The third kappa shape index (κ3) is 3.20. The van der Waals surface area contributed by atoms with Crippen molar-refractivity contribution >= 4 is 10.0 Å². The summed E-state index contributed by atoms with van der Waals surface area (Å²) in [5.41, 5.74) is 1.94. The normalized spacial score (nSPS) is 21.9. The fourth-order valence-electron chi connectivity index (χ4n) is 2.70. The van der Waals surface area contributed by atoms with Gasteiger partial charge in [-0.25, -0.2) is 13.1 Å². The number of aliphatic hydroxyl groups is 1. The van der Waals surface area contributed by atoms with E-state index in [1.807, 2.05) is 18.2 Å². The first-order chi connectivity index (χ1) is 9.53. The smallest absolute Gasteiger partial charge is 0.211 e. The highest BCUT2D eigenvalue weighted by molar-refractivity contribution is 7.89. The molecule has 2 rings (SSSR count). The van der Waals surface area contributed by atoms with Crippen LogP contribution >= 0.6 is 0 Å². The zero-order valence-corrected chi connectivity index (χ0v) is 12.5. The summed E-state index contributed by atoms with van der Waals surface area (Å²) in [5.74, 6) is 0.0843. The van der Waals surface area contributed by atoms with Gasteiger partial charge >= 0.3 is 0 Å². The predicted octanol–water partition coefficient (Wildman–Crippen LogP) is 0.349. The van der Waals surface area contributed by atoms with E-state index in [1.54, 1.807) is 6.92 Å². The number of benzene rings is 1. The summed E-state index contributed by atoms with van der Waals surface area (Å²) in [5, 5.41) is 13.1. The van der Waals surface area contributed by atoms with E-state index in [9.17, 15) is 13.5 Å². The van der Waals surface area contributed by atoms with E-state index in [-0.39, 0.29) is 12.4 Å². The molecular weight excluding hydrogens is 276 g/mol. The van der Waals surface area contributed by atoms with Crippen LogP contribution in [0.3, 0.4) is 0 Å². The molecule has 1 aliphatic rings. The molecule has 0 spiro atoms. The minimum atomic E-state index is -3.15. The Morgan fingerprint density at radius 1 is 1.30 bits per heavy atom. The van der Waals surface area contributed by atoms with Crippen LogP contribution in [-0.4, -0.2) is 39.0 Å². The van der Waals surface area contributed by atoms with Gasteiger partial charge in [0.2, 0.25) is 10.0 Å². The number of hydrogen-bond acceptors (Lipinski definition) is 4. The summed E-state index contributed by atoms with van der Waals surface area (Å²) in [6.07, 6.45) is 1.77. The van der Waals surface area contributed by atoms with Crippen molar-refractivity contribution in [1.29, 1.82) is 0 Å². The van der Waals surface area contributed by atoms with Crippen LogP contribution in [0.15, 0.2) is 24.3 Å². The van der Waals surface area contributed by atoms with E-state index in [1.165, 1.54) is 5.56 Å². The van der Waals surface area contributed by atoms with Gasteiger partial charge in [0.1, 0.15) is 0 Å². The van der Waals surface area contributed by atoms with Crippen LogP contribution in [0.2, 0.25) is 0 Å². The minimum absolute atomic E-state index is 0.0184. The van der Waals surface area contributed by atoms with Crippen molar-refractivity contribution < 1.29 is 13.5 Å². The molecule has 6 heteroatoms. The lowest BCUT2D eigenvalue weighted by Crippen LogP contribution is -2.47. The second kappa shape index (κ2) is 6.22. The molecule has 1 aliphatic carbocycles. The predicted molar refractivity (Wildman–Crippen MR) is 79.0 cm³/mol. The van der Waals surface area contributed by atoms with Gasteiger partial charge in [-0.2, -0.15) is 0 Å². The number of aryl methyl sites for hydroxylation is 1. The van der Waals surface area contributed by atoms with E-state index in [2.05, 4.69) is 16.1 Å². The third-order valence-corrected chi connectivity index (χ3v) is 5.32. The van der Waals surface area contributed by atoms with Crippen molar-refractivity contribution in [3.8, 4) is 0 Å². The number of sulfonamides is 1. The van der Waals surface area contributed by atoms with Crippen LogP contribution in [0.1, 0.15) is 24.5 Å². The summed E-state index contributed by atoms with van der Waals surface area (Å²) < 4.78 is 25.2. The van der Waals surface area contributed by atoms with Crippen molar-refractivity contribution in [1.82, 2.24) is 10.0 Å². The highest BCUT2D eigenvalue weighted by atomic mass is 32.2. The first kappa shape index (κ1) is 15.4. The standard InChI is InChI=1S/C14H22N2O3S/c1-2-20(18,19)16-10-9-15-14(11-17)8-7-12-5-3-4-6-13(12)14/h3-6,15-17H,2,7-11H2,1H3. The molecule has 112 valence electrons. The van der Waals surface area contributed by atoms with Crippen molar-refractivity contribution in [2.24, 2.45) is 0 Å². The number of fused-ring (bicyclic) bond motifs is 1. The lowest BCUT2D eigenvalue weighted by atomic mass is 9.92. The van der Waals surface area contributed by atoms with E-state index in [0.29, 0.717) is 13.1 Å². The maximum absolute atomic E-state index is 11.4. The number of nitrogens with one attached hydrogen (secondary N) is 2. The lowest BCUT2D eigenvalue weighted by Gasteiger charge is -2.30. The van der Waals surface area contributed by atoms with Gasteiger partial charge in [0.25, 0.3) is 0 Å². The van der Waals surface area contributed by atoms with Crippen LogP contribution in [0.5, 0.6) is 0 Å². The van der Waals surface area contributed by atoms with E-state index >= 15 is 0 Å². The zero-order valence-electron chi connectivity index (χ0n) is 11.7. The molecule has 0 saturated carbocycles. The fourth-order valence-corrected chi connectivity index (χ4v) is 3.32. The molecule has 20 heavy (non-hydrogen) atoms. The van der Waals surface area contributed by atoms with E-state index in [4.69, 9.17) is 0 Å². The van der Waals surface area contributed by atoms with E-state index < -0.39 is 15.6 Å². The molecule has 1 atom stereocenters. The highest BCUT2D eigenvalue weighted by Crippen LogP contribution is 2.36. The first-order valence-electron chi connectivity index (χ1n) is 6.94. The van der Waals surface area contributed by atoms with Gasteiger partial charge in [0, 0.05) is 13.1 Å². The molecule has 5 nitrogen and oxygen atoms in total. The Labute approximate surface area is 120 Å². The number of rotatable bonds is 7. The molecule has 0 heterocycles. The van der Waals surface area contributed by atoms with Gasteiger partial charge in [0.05, 0.1) is 17.9 Å². The van der Waals surface area contributed by atoms with Crippen LogP contribution in [0.4, 0.5) is 0 Å². The average molecular weight is 298 g/mol. The average Bonchev–Trinajstić information content (AvgIpc) is 2.84. The van der Waals surface area contributed by atoms with Crippen LogP contribution in [0, 0.1) is 0 Å². The van der Waals surface area contributed by atoms with Gasteiger partial charge in [-0.15, -0.1) is 0 Å². The highest BCUT2D eigenvalue weighted by Gasteiger charge is 2.37. The monoisotopic (exact) mass is 298 g/mol. The van der Waals surface area contributed by atoms with Crippen molar-refractivity contribution in [2.75, 3.05) is 25.4 Å². The summed E-state index contributed by atoms with van der Waals surface area (Å²) in [7, 11) is -3.15. The minimum Gasteiger partial charge on any atom is -0.394 e. The SMILES string of the molecule is CCS(=O)(=O)NCCNC1(CO)CCc2ccccc21. The molecule has 3 N–H and O–H groups in total. The molecule has 0 bridgehead atoms. The van der Waals surface area contributed by atoms with Crippen LogP contribution in [-0.2, 0) is 22.0 Å². The van der Waals surface area contributed by atoms with Gasteiger partial charge in [0.15, 0.2) is 0 Å². The fraction of sp³-hybridized carbons (Fsp3) is 0.571. The Bertz CT molecular complexity index is 559. The maximum atomic E-state index is 11.4. The Kier molecular flexibility index (Phi) is 4.80. The largest absolute Gasteiger partial charge is 0.394 e. The van der Waals surface area contributed by atoms with E-state index in [0.717, 1.165) is 18.4 Å². The molecule has 0 aliphatic heterocycles. The molecule has 1 unspecified atom stereocenters. The Hall–Kier alpha value is -0.950. The molecule has 0 aromatic heterocycles. The quantitative estimate of drug-likeness (QED) is 0.635. The molecule has 0 radical (unpaired) electrons. The van der Waals surface area contributed by atoms with Crippen molar-refractivity contribution in [3.63, 3.8) is 0 Å². The van der Waals surface area contributed by atoms with Crippen molar-refractivity contribution in [3.05, 3.63) is 35.4 Å². The van der Waals surface area contributed by atoms with Gasteiger partial charge < -0.3 is 10.4 Å². The molecular formula is C14H22N2O3S. The summed E-state index contributed by atoms with van der Waals surface area (Å²) in [6.45, 7) is 2.46. The maximum Gasteiger partial charge on any atom is 0.211 e. The second-order valence-electron chi connectivity index (χ2n) is 5.12. The number of hydrogen-bond donors (Lipinski definition) is 3. The molecule has 1 aromatic carbocycles. The molecule has 0 fully saturated rings. The summed E-state index contributed by atoms with van der Waals surface area (Å²) in [4.78, 5) is 0. The van der Waals surface area contributed by atoms with Gasteiger partial charge in [-0.3, -0.25) is 0 Å². The zero-order chi connectivity index (χ0) is 14.6. The Balaban J connectivity index is 1.97. The van der Waals surface area contributed by atoms with Crippen molar-refractivity contribution in [2.45, 2.75) is 25.3 Å². The Morgan fingerprint density at radius 3 is 2.75 bits per heavy atom. The second-order valence-corrected chi connectivity index (χ2v) is 7.22. The molecule has 0 saturated heterocycles.